The quantitative estimate of drug-likeness (QED) is 0.573. The Labute approximate surface area is 73.9 Å². The van der Waals surface area contributed by atoms with Crippen molar-refractivity contribution >= 4 is 5.91 Å². The lowest BCUT2D eigenvalue weighted by atomic mass is 10.2. The Bertz CT molecular complexity index is 172. The van der Waals surface area contributed by atoms with E-state index in [9.17, 15) is 4.79 Å². The first-order valence-corrected chi connectivity index (χ1v) is 4.08. The maximum atomic E-state index is 10.8. The summed E-state index contributed by atoms with van der Waals surface area (Å²) in [6, 6.07) is 0.291. The second-order valence-electron chi connectivity index (χ2n) is 2.69. The van der Waals surface area contributed by atoms with Gasteiger partial charge in [0.1, 0.15) is 0 Å². The van der Waals surface area contributed by atoms with Gasteiger partial charge in [0.25, 0.3) is 0 Å². The second-order valence-corrected chi connectivity index (χ2v) is 2.69. The van der Waals surface area contributed by atoms with Gasteiger partial charge in [-0.15, -0.1) is 12.3 Å². The number of carbonyl (C=O) groups is 1. The third kappa shape index (κ3) is 5.75. The SMILES string of the molecule is C#CCC(C)NCCC(=O)NC. The van der Waals surface area contributed by atoms with Gasteiger partial charge in [-0.25, -0.2) is 0 Å². The number of hydrogen-bond donors (Lipinski definition) is 2. The normalized spacial score (nSPS) is 11.8. The third-order valence-electron chi connectivity index (χ3n) is 1.55. The first-order valence-electron chi connectivity index (χ1n) is 4.08. The van der Waals surface area contributed by atoms with Crippen LogP contribution in [0.4, 0.5) is 0 Å². The van der Waals surface area contributed by atoms with Gasteiger partial charge in [-0.05, 0) is 6.92 Å². The molecule has 0 aromatic rings. The fourth-order valence-corrected chi connectivity index (χ4v) is 0.806. The number of carbonyl (C=O) groups excluding carboxylic acids is 1. The van der Waals surface area contributed by atoms with E-state index in [1.807, 2.05) is 6.92 Å². The minimum absolute atomic E-state index is 0.0513. The highest BCUT2D eigenvalue weighted by Gasteiger charge is 2.00. The van der Waals surface area contributed by atoms with Crippen molar-refractivity contribution in [3.8, 4) is 12.3 Å². The third-order valence-corrected chi connectivity index (χ3v) is 1.55. The van der Waals surface area contributed by atoms with E-state index in [-0.39, 0.29) is 5.91 Å². The van der Waals surface area contributed by atoms with Crippen LogP contribution in [0.15, 0.2) is 0 Å². The van der Waals surface area contributed by atoms with Gasteiger partial charge in [0.15, 0.2) is 0 Å². The van der Waals surface area contributed by atoms with E-state index in [1.165, 1.54) is 0 Å². The fourth-order valence-electron chi connectivity index (χ4n) is 0.806. The number of terminal acetylenes is 1. The van der Waals surface area contributed by atoms with Gasteiger partial charge >= 0.3 is 0 Å². The smallest absolute Gasteiger partial charge is 0.221 e. The van der Waals surface area contributed by atoms with Gasteiger partial charge in [-0.2, -0.15) is 0 Å². The van der Waals surface area contributed by atoms with Crippen LogP contribution in [-0.4, -0.2) is 25.5 Å². The van der Waals surface area contributed by atoms with Crippen LogP contribution in [-0.2, 0) is 4.79 Å². The molecule has 0 aliphatic heterocycles. The molecule has 0 heterocycles. The molecule has 0 saturated heterocycles. The molecule has 1 unspecified atom stereocenters. The molecular weight excluding hydrogens is 152 g/mol. The Kier molecular flexibility index (Phi) is 6.12. The first-order chi connectivity index (χ1) is 5.70. The Balaban J connectivity index is 3.31. The highest BCUT2D eigenvalue weighted by molar-refractivity contribution is 5.75. The highest BCUT2D eigenvalue weighted by Crippen LogP contribution is 1.87. The number of hydrogen-bond acceptors (Lipinski definition) is 2. The minimum atomic E-state index is 0.0513. The van der Waals surface area contributed by atoms with Crippen LogP contribution in [0.1, 0.15) is 19.8 Å². The van der Waals surface area contributed by atoms with E-state index >= 15 is 0 Å². The lowest BCUT2D eigenvalue weighted by Gasteiger charge is -2.09. The molecule has 0 spiro atoms. The molecule has 0 aromatic carbocycles. The van der Waals surface area contributed by atoms with Crippen molar-refractivity contribution in [3.63, 3.8) is 0 Å². The van der Waals surface area contributed by atoms with E-state index < -0.39 is 0 Å². The van der Waals surface area contributed by atoms with Gasteiger partial charge < -0.3 is 10.6 Å². The van der Waals surface area contributed by atoms with Crippen molar-refractivity contribution in [2.24, 2.45) is 0 Å². The maximum Gasteiger partial charge on any atom is 0.221 e. The summed E-state index contributed by atoms with van der Waals surface area (Å²) in [6.45, 7) is 2.69. The summed E-state index contributed by atoms with van der Waals surface area (Å²) in [5.74, 6) is 2.61. The zero-order valence-corrected chi connectivity index (χ0v) is 7.68. The average Bonchev–Trinajstić information content (AvgIpc) is 2.04. The van der Waals surface area contributed by atoms with E-state index in [0.717, 1.165) is 0 Å². The fraction of sp³-hybridized carbons (Fsp3) is 0.667. The predicted molar refractivity (Wildman–Crippen MR) is 49.6 cm³/mol. The van der Waals surface area contributed by atoms with Crippen LogP contribution in [0.3, 0.4) is 0 Å². The van der Waals surface area contributed by atoms with Gasteiger partial charge in [0, 0.05) is 32.5 Å². The lowest BCUT2D eigenvalue weighted by molar-refractivity contribution is -0.120. The molecule has 0 bridgehead atoms. The zero-order valence-electron chi connectivity index (χ0n) is 7.68. The van der Waals surface area contributed by atoms with Crippen LogP contribution in [0.25, 0.3) is 0 Å². The van der Waals surface area contributed by atoms with Crippen molar-refractivity contribution in [3.05, 3.63) is 0 Å². The molecule has 3 heteroatoms. The number of nitrogens with one attached hydrogen (secondary N) is 2. The zero-order chi connectivity index (χ0) is 9.40. The molecule has 0 saturated carbocycles. The Morgan fingerprint density at radius 3 is 2.83 bits per heavy atom. The minimum Gasteiger partial charge on any atom is -0.359 e. The topological polar surface area (TPSA) is 41.1 Å². The summed E-state index contributed by atoms with van der Waals surface area (Å²) in [4.78, 5) is 10.8. The van der Waals surface area contributed by atoms with Crippen molar-refractivity contribution < 1.29 is 4.79 Å². The van der Waals surface area contributed by atoms with Crippen LogP contribution in [0, 0.1) is 12.3 Å². The molecule has 0 fully saturated rings. The van der Waals surface area contributed by atoms with Gasteiger partial charge in [-0.1, -0.05) is 0 Å². The molecule has 0 aliphatic rings. The van der Waals surface area contributed by atoms with Crippen LogP contribution in [0.5, 0.6) is 0 Å². The predicted octanol–water partition coefficient (Wildman–Crippen LogP) is 0.124. The molecule has 68 valence electrons. The molecule has 0 radical (unpaired) electrons. The second kappa shape index (κ2) is 6.68. The average molecular weight is 168 g/mol. The number of rotatable bonds is 5. The standard InChI is InChI=1S/C9H16N2O/c1-4-5-8(2)11-7-6-9(12)10-3/h1,8,11H,5-7H2,2-3H3,(H,10,12). The Hall–Kier alpha value is -1.01. The molecule has 0 rings (SSSR count). The Morgan fingerprint density at radius 1 is 1.67 bits per heavy atom. The monoisotopic (exact) mass is 168 g/mol. The highest BCUT2D eigenvalue weighted by atomic mass is 16.1. The molecule has 12 heavy (non-hydrogen) atoms. The van der Waals surface area contributed by atoms with Gasteiger partial charge in [0.2, 0.25) is 5.91 Å². The van der Waals surface area contributed by atoms with E-state index in [2.05, 4.69) is 16.6 Å². The molecule has 0 aromatic heterocycles. The van der Waals surface area contributed by atoms with Crippen molar-refractivity contribution in [1.82, 2.24) is 10.6 Å². The van der Waals surface area contributed by atoms with E-state index in [4.69, 9.17) is 6.42 Å². The molecular formula is C9H16N2O. The van der Waals surface area contributed by atoms with Gasteiger partial charge in [0.05, 0.1) is 0 Å². The summed E-state index contributed by atoms with van der Waals surface area (Å²) in [5.41, 5.74) is 0. The van der Waals surface area contributed by atoms with Crippen molar-refractivity contribution in [2.45, 2.75) is 25.8 Å². The van der Waals surface area contributed by atoms with Crippen LogP contribution in [0.2, 0.25) is 0 Å². The largest absolute Gasteiger partial charge is 0.359 e. The van der Waals surface area contributed by atoms with E-state index in [0.29, 0.717) is 25.4 Å². The van der Waals surface area contributed by atoms with Gasteiger partial charge in [-0.3, -0.25) is 4.79 Å². The summed E-state index contributed by atoms with van der Waals surface area (Å²) in [5, 5.41) is 5.70. The molecule has 1 atom stereocenters. The summed E-state index contributed by atoms with van der Waals surface area (Å²) >= 11 is 0. The molecule has 0 aliphatic carbocycles. The summed E-state index contributed by atoms with van der Waals surface area (Å²) < 4.78 is 0. The maximum absolute atomic E-state index is 10.8. The molecule has 1 amide bonds. The molecule has 2 N–H and O–H groups in total. The lowest BCUT2D eigenvalue weighted by Crippen LogP contribution is -2.30. The Morgan fingerprint density at radius 2 is 2.33 bits per heavy atom. The van der Waals surface area contributed by atoms with Crippen molar-refractivity contribution in [1.29, 1.82) is 0 Å². The molecule has 3 nitrogen and oxygen atoms in total. The summed E-state index contributed by atoms with van der Waals surface area (Å²) in [6.07, 6.45) is 6.33. The van der Waals surface area contributed by atoms with Crippen molar-refractivity contribution in [2.75, 3.05) is 13.6 Å². The number of amides is 1. The van der Waals surface area contributed by atoms with E-state index in [1.54, 1.807) is 7.05 Å². The first kappa shape index (κ1) is 11.0. The summed E-state index contributed by atoms with van der Waals surface area (Å²) in [7, 11) is 1.63. The van der Waals surface area contributed by atoms with Crippen LogP contribution >= 0.6 is 0 Å². The van der Waals surface area contributed by atoms with Crippen LogP contribution < -0.4 is 10.6 Å².